The lowest BCUT2D eigenvalue weighted by atomic mass is 10.1. The highest BCUT2D eigenvalue weighted by molar-refractivity contribution is 5.05. The first-order chi connectivity index (χ1) is 9.52. The molecule has 2 heterocycles. The Morgan fingerprint density at radius 3 is 2.75 bits per heavy atom. The third-order valence-electron chi connectivity index (χ3n) is 3.95. The number of rotatable bonds is 5. The first-order valence-electron chi connectivity index (χ1n) is 7.13. The Bertz CT molecular complexity index is 553. The molecule has 112 valence electrons. The highest BCUT2D eigenvalue weighted by Crippen LogP contribution is 2.31. The van der Waals surface area contributed by atoms with Crippen LogP contribution in [0, 0.1) is 5.92 Å². The van der Waals surface area contributed by atoms with Crippen molar-refractivity contribution in [3.63, 3.8) is 0 Å². The second-order valence-corrected chi connectivity index (χ2v) is 5.51. The second-order valence-electron chi connectivity index (χ2n) is 5.51. The summed E-state index contributed by atoms with van der Waals surface area (Å²) in [5.41, 5.74) is -0.204. The number of nitrogens with zero attached hydrogens (tertiary/aromatic N) is 1. The van der Waals surface area contributed by atoms with Gasteiger partial charge in [-0.1, -0.05) is 6.92 Å². The van der Waals surface area contributed by atoms with Gasteiger partial charge in [-0.05, 0) is 38.5 Å². The molecule has 1 aliphatic heterocycles. The van der Waals surface area contributed by atoms with Crippen LogP contribution in [-0.2, 0) is 11.2 Å². The maximum Gasteiger partial charge on any atom is 0.330 e. The number of hydrogen-bond acceptors (Lipinski definition) is 4. The van der Waals surface area contributed by atoms with Gasteiger partial charge in [0.05, 0.1) is 6.10 Å². The van der Waals surface area contributed by atoms with E-state index in [0.29, 0.717) is 24.3 Å². The first kappa shape index (κ1) is 15.0. The zero-order valence-corrected chi connectivity index (χ0v) is 12.0. The molecule has 1 saturated heterocycles. The molecule has 0 aliphatic carbocycles. The maximum absolute atomic E-state index is 11.9. The van der Waals surface area contributed by atoms with Crippen molar-refractivity contribution in [2.45, 2.75) is 51.9 Å². The van der Waals surface area contributed by atoms with E-state index < -0.39 is 5.69 Å². The number of hydrogen-bond donors (Lipinski definition) is 2. The molecule has 1 aromatic rings. The molecule has 3 atom stereocenters. The first-order valence-corrected chi connectivity index (χ1v) is 7.13. The summed E-state index contributed by atoms with van der Waals surface area (Å²) in [4.78, 5) is 26.0. The lowest BCUT2D eigenvalue weighted by Crippen LogP contribution is -2.34. The van der Waals surface area contributed by atoms with Gasteiger partial charge in [-0.25, -0.2) is 4.79 Å². The monoisotopic (exact) mass is 282 g/mol. The number of nitrogens with one attached hydrogen (secondary N) is 1. The third-order valence-corrected chi connectivity index (χ3v) is 3.95. The van der Waals surface area contributed by atoms with Gasteiger partial charge in [-0.2, -0.15) is 0 Å². The molecule has 1 fully saturated rings. The van der Waals surface area contributed by atoms with Crippen LogP contribution in [0.25, 0.3) is 0 Å². The van der Waals surface area contributed by atoms with E-state index in [9.17, 15) is 9.59 Å². The van der Waals surface area contributed by atoms with Gasteiger partial charge in [0.2, 0.25) is 0 Å². The molecule has 2 N–H and O–H groups in total. The van der Waals surface area contributed by atoms with Crippen molar-refractivity contribution in [2.75, 3.05) is 6.61 Å². The van der Waals surface area contributed by atoms with Gasteiger partial charge < -0.3 is 9.84 Å². The minimum Gasteiger partial charge on any atom is -0.396 e. The van der Waals surface area contributed by atoms with Crippen molar-refractivity contribution in [1.82, 2.24) is 9.55 Å². The second kappa shape index (κ2) is 6.37. The number of aromatic nitrogens is 2. The van der Waals surface area contributed by atoms with E-state index in [1.165, 1.54) is 4.57 Å². The fraction of sp³-hybridized carbons (Fsp3) is 0.714. The quantitative estimate of drug-likeness (QED) is 0.782. The zero-order valence-electron chi connectivity index (χ0n) is 12.0. The van der Waals surface area contributed by atoms with E-state index in [1.54, 1.807) is 6.20 Å². The van der Waals surface area contributed by atoms with Crippen LogP contribution in [0.15, 0.2) is 15.8 Å². The van der Waals surface area contributed by atoms with Crippen molar-refractivity contribution < 1.29 is 9.84 Å². The van der Waals surface area contributed by atoms with Gasteiger partial charge in [0.25, 0.3) is 5.56 Å². The number of aliphatic hydroxyl groups is 1. The summed E-state index contributed by atoms with van der Waals surface area (Å²) < 4.78 is 7.24. The molecule has 0 radical (unpaired) electrons. The van der Waals surface area contributed by atoms with Gasteiger partial charge in [0.15, 0.2) is 0 Å². The Morgan fingerprint density at radius 1 is 1.40 bits per heavy atom. The Hall–Kier alpha value is -1.40. The summed E-state index contributed by atoms with van der Waals surface area (Å²) in [5.74, 6) is 0.386. The summed E-state index contributed by atoms with van der Waals surface area (Å²) in [6.07, 6.45) is 4.09. The van der Waals surface area contributed by atoms with Gasteiger partial charge >= 0.3 is 5.69 Å². The van der Waals surface area contributed by atoms with Crippen molar-refractivity contribution in [2.24, 2.45) is 5.92 Å². The molecular weight excluding hydrogens is 260 g/mol. The van der Waals surface area contributed by atoms with E-state index in [4.69, 9.17) is 9.84 Å². The van der Waals surface area contributed by atoms with Crippen molar-refractivity contribution in [3.05, 3.63) is 32.6 Å². The molecule has 0 bridgehead atoms. The SMILES string of the molecule is CC1C[C@H](n2cc(CCCCO)c(=O)[nH]c2=O)O[C@@H]1C. The Kier molecular flexibility index (Phi) is 4.77. The summed E-state index contributed by atoms with van der Waals surface area (Å²) in [6, 6.07) is 0. The molecule has 0 saturated carbocycles. The molecule has 0 spiro atoms. The van der Waals surface area contributed by atoms with Crippen LogP contribution in [0.3, 0.4) is 0 Å². The number of ether oxygens (including phenoxy) is 1. The van der Waals surface area contributed by atoms with Crippen LogP contribution in [-0.4, -0.2) is 27.4 Å². The van der Waals surface area contributed by atoms with Gasteiger partial charge in [0.1, 0.15) is 6.23 Å². The molecule has 20 heavy (non-hydrogen) atoms. The summed E-state index contributed by atoms with van der Waals surface area (Å²) >= 11 is 0. The predicted molar refractivity (Wildman–Crippen MR) is 74.7 cm³/mol. The van der Waals surface area contributed by atoms with Crippen molar-refractivity contribution in [3.8, 4) is 0 Å². The third kappa shape index (κ3) is 3.19. The molecule has 2 rings (SSSR count). The standard InChI is InChI=1S/C14H22N2O4/c1-9-7-12(20-10(9)2)16-8-11(5-3-4-6-17)13(18)15-14(16)19/h8-10,12,17H,3-7H2,1-2H3,(H,15,18,19)/t9?,10-,12-/m1/s1. The van der Waals surface area contributed by atoms with Crippen molar-refractivity contribution >= 4 is 0 Å². The Morgan fingerprint density at radius 2 is 2.15 bits per heavy atom. The van der Waals surface area contributed by atoms with E-state index >= 15 is 0 Å². The zero-order chi connectivity index (χ0) is 14.7. The summed E-state index contributed by atoms with van der Waals surface area (Å²) in [6.45, 7) is 4.19. The van der Waals surface area contributed by atoms with Crippen LogP contribution < -0.4 is 11.2 Å². The molecule has 1 aromatic heterocycles. The summed E-state index contributed by atoms with van der Waals surface area (Å²) in [7, 11) is 0. The van der Waals surface area contributed by atoms with Crippen LogP contribution >= 0.6 is 0 Å². The molecule has 1 unspecified atom stereocenters. The van der Waals surface area contributed by atoms with Gasteiger partial charge in [-0.15, -0.1) is 0 Å². The smallest absolute Gasteiger partial charge is 0.330 e. The minimum atomic E-state index is -0.424. The van der Waals surface area contributed by atoms with Crippen LogP contribution in [0.5, 0.6) is 0 Å². The normalized spacial score (nSPS) is 26.1. The van der Waals surface area contributed by atoms with E-state index in [2.05, 4.69) is 11.9 Å². The Labute approximate surface area is 117 Å². The molecule has 1 aliphatic rings. The number of aromatic amines is 1. The molecule has 0 aromatic carbocycles. The Balaban J connectivity index is 2.23. The van der Waals surface area contributed by atoms with E-state index in [-0.39, 0.29) is 24.5 Å². The highest BCUT2D eigenvalue weighted by atomic mass is 16.5. The number of unbranched alkanes of at least 4 members (excludes halogenated alkanes) is 1. The molecule has 0 amide bonds. The fourth-order valence-electron chi connectivity index (χ4n) is 2.47. The molecular formula is C14H22N2O4. The minimum absolute atomic E-state index is 0.108. The maximum atomic E-state index is 11.9. The largest absolute Gasteiger partial charge is 0.396 e. The van der Waals surface area contributed by atoms with Crippen LogP contribution in [0.2, 0.25) is 0 Å². The summed E-state index contributed by atoms with van der Waals surface area (Å²) in [5, 5.41) is 8.78. The average molecular weight is 282 g/mol. The highest BCUT2D eigenvalue weighted by Gasteiger charge is 2.30. The number of aryl methyl sites for hydroxylation is 1. The van der Waals surface area contributed by atoms with Crippen LogP contribution in [0.1, 0.15) is 44.9 Å². The lowest BCUT2D eigenvalue weighted by Gasteiger charge is -2.15. The van der Waals surface area contributed by atoms with Gasteiger partial charge in [-0.3, -0.25) is 14.3 Å². The van der Waals surface area contributed by atoms with Crippen LogP contribution in [0.4, 0.5) is 0 Å². The molecule has 6 heteroatoms. The van der Waals surface area contributed by atoms with Gasteiger partial charge in [0, 0.05) is 18.4 Å². The van der Waals surface area contributed by atoms with E-state index in [1.807, 2.05) is 6.92 Å². The molecule has 6 nitrogen and oxygen atoms in total. The van der Waals surface area contributed by atoms with E-state index in [0.717, 1.165) is 12.8 Å². The lowest BCUT2D eigenvalue weighted by molar-refractivity contribution is 0.00291. The fourth-order valence-corrected chi connectivity index (χ4v) is 2.47. The number of aliphatic hydroxyl groups excluding tert-OH is 1. The average Bonchev–Trinajstić information content (AvgIpc) is 2.72. The number of H-pyrrole nitrogens is 1. The predicted octanol–water partition coefficient (Wildman–Crippen LogP) is 0.795. The van der Waals surface area contributed by atoms with Crippen molar-refractivity contribution in [1.29, 1.82) is 0 Å². The topological polar surface area (TPSA) is 84.3 Å².